The summed E-state index contributed by atoms with van der Waals surface area (Å²) in [4.78, 5) is 48.1. The summed E-state index contributed by atoms with van der Waals surface area (Å²) < 4.78 is 12.1. The number of benzene rings is 1. The highest BCUT2D eigenvalue weighted by Crippen LogP contribution is 2.33. The van der Waals surface area contributed by atoms with Crippen LogP contribution >= 0.6 is 0 Å². The van der Waals surface area contributed by atoms with Crippen LogP contribution < -0.4 is 0 Å². The lowest BCUT2D eigenvalue weighted by Gasteiger charge is -2.41. The maximum Gasteiger partial charge on any atom is 0.226 e. The van der Waals surface area contributed by atoms with Crippen LogP contribution in [0.2, 0.25) is 0 Å². The minimum atomic E-state index is -0.742. The van der Waals surface area contributed by atoms with E-state index in [1.54, 1.807) is 14.2 Å². The van der Waals surface area contributed by atoms with Gasteiger partial charge in [0.25, 0.3) is 0 Å². The van der Waals surface area contributed by atoms with Gasteiger partial charge in [-0.2, -0.15) is 0 Å². The Labute approximate surface area is 310 Å². The zero-order valence-corrected chi connectivity index (χ0v) is 34.3. The molecule has 2 amide bonds. The van der Waals surface area contributed by atoms with Crippen LogP contribution in [0.5, 0.6) is 0 Å². The Bertz CT molecular complexity index is 1180. The lowest BCUT2D eigenvalue weighted by molar-refractivity contribution is -0.148. The molecular formula is C42H73N3O6. The fourth-order valence-electron chi connectivity index (χ4n) is 8.48. The third kappa shape index (κ3) is 12.1. The van der Waals surface area contributed by atoms with E-state index in [0.717, 1.165) is 37.7 Å². The third-order valence-corrected chi connectivity index (χ3v) is 11.9. The number of carbonyl (C=O) groups excluding carboxylic acids is 3. The molecule has 10 atom stereocenters. The first-order valence-corrected chi connectivity index (χ1v) is 19.6. The molecule has 0 saturated carbocycles. The fourth-order valence-corrected chi connectivity index (χ4v) is 8.48. The number of hydrogen-bond donors (Lipinski definition) is 1. The van der Waals surface area contributed by atoms with Gasteiger partial charge in [0, 0.05) is 52.1 Å². The maximum atomic E-state index is 14.3. The van der Waals surface area contributed by atoms with Crippen LogP contribution in [0, 0.1) is 35.5 Å². The molecule has 0 aromatic heterocycles. The molecule has 1 fully saturated rings. The highest BCUT2D eigenvalue weighted by molar-refractivity contribution is 5.82. The number of carbonyl (C=O) groups is 3. The summed E-state index contributed by atoms with van der Waals surface area (Å²) in [6.45, 7) is 17.3. The van der Waals surface area contributed by atoms with Gasteiger partial charge in [0.05, 0.1) is 36.8 Å². The second kappa shape index (κ2) is 21.4. The second-order valence-corrected chi connectivity index (χ2v) is 16.3. The molecule has 1 heterocycles. The lowest BCUT2D eigenvalue weighted by Crippen LogP contribution is -2.54. The molecule has 0 radical (unpaired) electrons. The molecule has 1 aromatic rings. The number of rotatable bonds is 22. The Hall–Kier alpha value is -2.33. The van der Waals surface area contributed by atoms with E-state index in [-0.39, 0.29) is 66.2 Å². The second-order valence-electron chi connectivity index (χ2n) is 16.3. The van der Waals surface area contributed by atoms with Crippen molar-refractivity contribution in [3.05, 3.63) is 35.9 Å². The molecule has 51 heavy (non-hydrogen) atoms. The molecule has 1 aromatic carbocycles. The first-order valence-electron chi connectivity index (χ1n) is 19.6. The number of ether oxygens (including phenoxy) is 2. The first-order chi connectivity index (χ1) is 24.0. The van der Waals surface area contributed by atoms with Crippen molar-refractivity contribution < 1.29 is 29.0 Å². The number of likely N-dealkylation sites (N-methyl/N-ethyl adjacent to an activating group) is 1. The molecule has 9 nitrogen and oxygen atoms in total. The summed E-state index contributed by atoms with van der Waals surface area (Å²) in [7, 11) is 9.36. The maximum absolute atomic E-state index is 14.3. The first kappa shape index (κ1) is 44.8. The van der Waals surface area contributed by atoms with E-state index in [1.807, 2.05) is 61.0 Å². The number of hydrogen-bond acceptors (Lipinski definition) is 7. The largest absolute Gasteiger partial charge is 0.388 e. The minimum absolute atomic E-state index is 0.0142. The van der Waals surface area contributed by atoms with E-state index in [4.69, 9.17) is 9.47 Å². The van der Waals surface area contributed by atoms with Crippen LogP contribution in [-0.4, -0.2) is 110 Å². The SMILES string of the molecule is CC[C@H](C)[C@@H]([C@@H](CC(=O)N1CCC[C@H]1[C@H](OC)[C@@H](C)C(=O)C[C@H](C)[C@@H](O)c1ccccc1)OC)N(C)C(=O)[C@@H](CC[C@H](C(C)C)N(C)C)C(C)C. The van der Waals surface area contributed by atoms with Crippen molar-refractivity contribution >= 4 is 17.6 Å². The molecule has 1 aliphatic heterocycles. The molecule has 0 spiro atoms. The monoisotopic (exact) mass is 716 g/mol. The van der Waals surface area contributed by atoms with E-state index in [1.165, 1.54) is 0 Å². The summed E-state index contributed by atoms with van der Waals surface area (Å²) in [5.41, 5.74) is 0.792. The van der Waals surface area contributed by atoms with Crippen LogP contribution in [0.25, 0.3) is 0 Å². The molecule has 0 aliphatic carbocycles. The van der Waals surface area contributed by atoms with Gasteiger partial charge in [-0.25, -0.2) is 0 Å². The molecule has 9 heteroatoms. The number of methoxy groups -OCH3 is 2. The average Bonchev–Trinajstić information content (AvgIpc) is 3.58. The van der Waals surface area contributed by atoms with Gasteiger partial charge < -0.3 is 29.3 Å². The molecule has 292 valence electrons. The third-order valence-electron chi connectivity index (χ3n) is 11.9. The van der Waals surface area contributed by atoms with Crippen LogP contribution in [0.1, 0.15) is 112 Å². The number of ketones is 1. The van der Waals surface area contributed by atoms with Gasteiger partial charge in [0.2, 0.25) is 11.8 Å². The normalized spacial score (nSPS) is 20.5. The van der Waals surface area contributed by atoms with Gasteiger partial charge in [0.15, 0.2) is 0 Å². The highest BCUT2D eigenvalue weighted by Gasteiger charge is 2.43. The van der Waals surface area contributed by atoms with Crippen molar-refractivity contribution in [1.29, 1.82) is 0 Å². The zero-order chi connectivity index (χ0) is 38.6. The minimum Gasteiger partial charge on any atom is -0.388 e. The summed E-state index contributed by atoms with van der Waals surface area (Å²) in [5, 5.41) is 10.9. The Balaban J connectivity index is 2.22. The number of aliphatic hydroxyl groups excluding tert-OH is 1. The van der Waals surface area contributed by atoms with Gasteiger partial charge >= 0.3 is 0 Å². The molecule has 1 aliphatic rings. The van der Waals surface area contributed by atoms with Crippen molar-refractivity contribution in [3.8, 4) is 0 Å². The average molecular weight is 716 g/mol. The van der Waals surface area contributed by atoms with Crippen molar-refractivity contribution in [2.75, 3.05) is 41.9 Å². The quantitative estimate of drug-likeness (QED) is 0.140. The van der Waals surface area contributed by atoms with Crippen LogP contribution in [0.4, 0.5) is 0 Å². The van der Waals surface area contributed by atoms with Gasteiger partial charge in [-0.05, 0) is 69.0 Å². The Morgan fingerprint density at radius 1 is 0.882 bits per heavy atom. The standard InChI is InChI=1S/C42H73N3O6/c1-14-29(6)39(44(11)42(49)33(27(2)3)22-23-34(28(4)5)43(9)10)37(50-12)26-38(47)45-24-18-21-35(45)41(51-13)31(8)36(46)25-30(7)40(48)32-19-16-15-17-20-32/h15-17,19-20,27-31,33-35,37,39-41,48H,14,18,21-26H2,1-13H3/t29-,30-,31-,33-,34+,35-,37+,39-,40+,41+/m0/s1. The molecule has 1 N–H and O–H groups in total. The van der Waals surface area contributed by atoms with Gasteiger partial charge in [-0.1, -0.05) is 92.1 Å². The van der Waals surface area contributed by atoms with Crippen molar-refractivity contribution in [1.82, 2.24) is 14.7 Å². The van der Waals surface area contributed by atoms with E-state index in [0.29, 0.717) is 18.5 Å². The van der Waals surface area contributed by atoms with E-state index in [9.17, 15) is 19.5 Å². The Morgan fingerprint density at radius 3 is 2.02 bits per heavy atom. The molecule has 2 rings (SSSR count). The van der Waals surface area contributed by atoms with Gasteiger partial charge in [-0.15, -0.1) is 0 Å². The molecule has 1 saturated heterocycles. The Kier molecular flexibility index (Phi) is 18.8. The van der Waals surface area contributed by atoms with Gasteiger partial charge in [-0.3, -0.25) is 14.4 Å². The molecule has 0 bridgehead atoms. The van der Waals surface area contributed by atoms with E-state index >= 15 is 0 Å². The van der Waals surface area contributed by atoms with E-state index in [2.05, 4.69) is 60.5 Å². The number of nitrogens with zero attached hydrogens (tertiary/aromatic N) is 3. The topological polar surface area (TPSA) is 99.6 Å². The predicted molar refractivity (Wildman–Crippen MR) is 206 cm³/mol. The van der Waals surface area contributed by atoms with Crippen LogP contribution in [0.3, 0.4) is 0 Å². The summed E-state index contributed by atoms with van der Waals surface area (Å²) in [5.74, 6) is 0.0225. The number of amides is 2. The summed E-state index contributed by atoms with van der Waals surface area (Å²) >= 11 is 0. The highest BCUT2D eigenvalue weighted by atomic mass is 16.5. The van der Waals surface area contributed by atoms with Crippen molar-refractivity contribution in [2.24, 2.45) is 35.5 Å². The van der Waals surface area contributed by atoms with Gasteiger partial charge in [0.1, 0.15) is 5.78 Å². The molecular weight excluding hydrogens is 642 g/mol. The van der Waals surface area contributed by atoms with Crippen LogP contribution in [-0.2, 0) is 23.9 Å². The predicted octanol–water partition coefficient (Wildman–Crippen LogP) is 6.87. The zero-order valence-electron chi connectivity index (χ0n) is 34.3. The summed E-state index contributed by atoms with van der Waals surface area (Å²) in [6, 6.07) is 9.30. The van der Waals surface area contributed by atoms with Crippen molar-refractivity contribution in [2.45, 2.75) is 137 Å². The number of likely N-dealkylation sites (tertiary alicyclic amines) is 1. The smallest absolute Gasteiger partial charge is 0.226 e. The van der Waals surface area contributed by atoms with E-state index < -0.39 is 24.2 Å². The molecule has 0 unspecified atom stereocenters. The lowest BCUT2D eigenvalue weighted by atomic mass is 9.84. The van der Waals surface area contributed by atoms with Crippen molar-refractivity contribution in [3.63, 3.8) is 0 Å². The summed E-state index contributed by atoms with van der Waals surface area (Å²) in [6.07, 6.45) is 2.82. The number of aliphatic hydroxyl groups is 1. The number of Topliss-reactive ketones (excluding diaryl/α,β-unsaturated/α-hetero) is 1. The fraction of sp³-hybridized carbons (Fsp3) is 0.786. The Morgan fingerprint density at radius 2 is 1.51 bits per heavy atom. The van der Waals surface area contributed by atoms with Crippen LogP contribution in [0.15, 0.2) is 30.3 Å².